The lowest BCUT2D eigenvalue weighted by Crippen LogP contribution is -2.19. The Balaban J connectivity index is 2.58. The SMILES string of the molecule is CC(=O)c1csc(N(C)CCC(C)C)n1. The normalized spacial score (nSPS) is 10.7. The van der Waals surface area contributed by atoms with Crippen LogP contribution in [0.5, 0.6) is 0 Å². The summed E-state index contributed by atoms with van der Waals surface area (Å²) in [4.78, 5) is 17.5. The summed E-state index contributed by atoms with van der Waals surface area (Å²) in [7, 11) is 2.02. The molecule has 0 aromatic carbocycles. The van der Waals surface area contributed by atoms with Crippen LogP contribution in [-0.2, 0) is 0 Å². The molecule has 1 rings (SSSR count). The fourth-order valence-corrected chi connectivity index (χ4v) is 2.01. The Kier molecular flexibility index (Phi) is 4.27. The molecule has 1 aromatic heterocycles. The summed E-state index contributed by atoms with van der Waals surface area (Å²) in [6, 6.07) is 0. The van der Waals surface area contributed by atoms with Crippen LogP contribution in [-0.4, -0.2) is 24.4 Å². The molecular weight excluding hydrogens is 208 g/mol. The van der Waals surface area contributed by atoms with E-state index < -0.39 is 0 Å². The van der Waals surface area contributed by atoms with Crippen molar-refractivity contribution in [2.24, 2.45) is 5.92 Å². The zero-order chi connectivity index (χ0) is 11.4. The molecule has 0 amide bonds. The average molecular weight is 226 g/mol. The largest absolute Gasteiger partial charge is 0.351 e. The topological polar surface area (TPSA) is 33.2 Å². The maximum absolute atomic E-state index is 11.1. The zero-order valence-electron chi connectivity index (χ0n) is 9.78. The third-order valence-electron chi connectivity index (χ3n) is 2.22. The highest BCUT2D eigenvalue weighted by atomic mass is 32.1. The molecule has 0 aliphatic heterocycles. The van der Waals surface area contributed by atoms with Crippen LogP contribution in [0.2, 0.25) is 0 Å². The van der Waals surface area contributed by atoms with Crippen LogP contribution >= 0.6 is 11.3 Å². The Morgan fingerprint density at radius 1 is 1.60 bits per heavy atom. The van der Waals surface area contributed by atoms with Gasteiger partial charge in [0.15, 0.2) is 10.9 Å². The predicted octanol–water partition coefficient (Wildman–Crippen LogP) is 2.83. The molecule has 0 unspecified atom stereocenters. The van der Waals surface area contributed by atoms with Crippen LogP contribution in [0, 0.1) is 5.92 Å². The highest BCUT2D eigenvalue weighted by molar-refractivity contribution is 7.13. The second kappa shape index (κ2) is 5.26. The second-order valence-electron chi connectivity index (χ2n) is 4.18. The number of thiazole rings is 1. The quantitative estimate of drug-likeness (QED) is 0.724. The van der Waals surface area contributed by atoms with Crippen LogP contribution in [0.1, 0.15) is 37.7 Å². The minimum Gasteiger partial charge on any atom is -0.351 e. The molecule has 0 bridgehead atoms. The summed E-state index contributed by atoms with van der Waals surface area (Å²) in [5.41, 5.74) is 0.575. The summed E-state index contributed by atoms with van der Waals surface area (Å²) in [6.07, 6.45) is 1.14. The van der Waals surface area contributed by atoms with Gasteiger partial charge < -0.3 is 4.90 Å². The van der Waals surface area contributed by atoms with E-state index in [4.69, 9.17) is 0 Å². The maximum atomic E-state index is 11.1. The van der Waals surface area contributed by atoms with Crippen molar-refractivity contribution >= 4 is 22.3 Å². The van der Waals surface area contributed by atoms with E-state index in [2.05, 4.69) is 23.7 Å². The van der Waals surface area contributed by atoms with Gasteiger partial charge in [0.05, 0.1) is 0 Å². The summed E-state index contributed by atoms with van der Waals surface area (Å²) < 4.78 is 0. The molecular formula is C11H18N2OS. The van der Waals surface area contributed by atoms with Crippen LogP contribution in [0.15, 0.2) is 5.38 Å². The molecule has 0 atom stereocenters. The van der Waals surface area contributed by atoms with E-state index in [0.29, 0.717) is 11.6 Å². The van der Waals surface area contributed by atoms with Crippen LogP contribution in [0.25, 0.3) is 0 Å². The molecule has 0 saturated carbocycles. The van der Waals surface area contributed by atoms with Gasteiger partial charge in [-0.1, -0.05) is 13.8 Å². The Morgan fingerprint density at radius 3 is 2.73 bits per heavy atom. The van der Waals surface area contributed by atoms with E-state index in [0.717, 1.165) is 18.1 Å². The first-order valence-corrected chi connectivity index (χ1v) is 6.06. The molecule has 1 aromatic rings. The van der Waals surface area contributed by atoms with Gasteiger partial charge in [0, 0.05) is 25.9 Å². The molecule has 0 fully saturated rings. The van der Waals surface area contributed by atoms with Gasteiger partial charge in [0.2, 0.25) is 0 Å². The van der Waals surface area contributed by atoms with Gasteiger partial charge in [-0.25, -0.2) is 4.98 Å². The first-order chi connectivity index (χ1) is 7.00. The predicted molar refractivity (Wildman–Crippen MR) is 64.8 cm³/mol. The van der Waals surface area contributed by atoms with Gasteiger partial charge in [-0.15, -0.1) is 11.3 Å². The number of carbonyl (C=O) groups is 1. The van der Waals surface area contributed by atoms with E-state index in [1.165, 1.54) is 11.3 Å². The van der Waals surface area contributed by atoms with Crippen molar-refractivity contribution in [1.29, 1.82) is 0 Å². The molecule has 84 valence electrons. The Morgan fingerprint density at radius 2 is 2.27 bits per heavy atom. The van der Waals surface area contributed by atoms with Gasteiger partial charge in [-0.3, -0.25) is 4.79 Å². The van der Waals surface area contributed by atoms with Crippen molar-refractivity contribution in [1.82, 2.24) is 4.98 Å². The zero-order valence-corrected chi connectivity index (χ0v) is 10.6. The number of carbonyl (C=O) groups excluding carboxylic acids is 1. The summed E-state index contributed by atoms with van der Waals surface area (Å²) in [5, 5.41) is 2.75. The number of anilines is 1. The number of nitrogens with zero attached hydrogens (tertiary/aromatic N) is 2. The van der Waals surface area contributed by atoms with Crippen molar-refractivity contribution in [3.8, 4) is 0 Å². The summed E-state index contributed by atoms with van der Waals surface area (Å²) >= 11 is 1.53. The molecule has 1 heterocycles. The number of Topliss-reactive ketones (excluding diaryl/α,β-unsaturated/α-hetero) is 1. The van der Waals surface area contributed by atoms with E-state index in [-0.39, 0.29) is 5.78 Å². The monoisotopic (exact) mass is 226 g/mol. The van der Waals surface area contributed by atoms with Gasteiger partial charge in [-0.2, -0.15) is 0 Å². The van der Waals surface area contributed by atoms with Crippen molar-refractivity contribution in [2.75, 3.05) is 18.5 Å². The molecule has 15 heavy (non-hydrogen) atoms. The van der Waals surface area contributed by atoms with Crippen molar-refractivity contribution in [3.05, 3.63) is 11.1 Å². The number of rotatable bonds is 5. The molecule has 0 aliphatic rings. The van der Waals surface area contributed by atoms with Gasteiger partial charge in [0.25, 0.3) is 0 Å². The smallest absolute Gasteiger partial charge is 0.185 e. The molecule has 0 saturated heterocycles. The average Bonchev–Trinajstić information content (AvgIpc) is 2.62. The van der Waals surface area contributed by atoms with Crippen LogP contribution < -0.4 is 4.90 Å². The van der Waals surface area contributed by atoms with E-state index in [1.54, 1.807) is 6.92 Å². The number of ketones is 1. The van der Waals surface area contributed by atoms with E-state index >= 15 is 0 Å². The molecule has 4 heteroatoms. The van der Waals surface area contributed by atoms with E-state index in [1.807, 2.05) is 12.4 Å². The fourth-order valence-electron chi connectivity index (χ4n) is 1.15. The lowest BCUT2D eigenvalue weighted by molar-refractivity contribution is 0.101. The summed E-state index contributed by atoms with van der Waals surface area (Å²) in [5.74, 6) is 0.731. The first kappa shape index (κ1) is 12.2. The van der Waals surface area contributed by atoms with Crippen molar-refractivity contribution in [3.63, 3.8) is 0 Å². The Hall–Kier alpha value is -0.900. The van der Waals surface area contributed by atoms with Crippen LogP contribution in [0.4, 0.5) is 5.13 Å². The number of hydrogen-bond donors (Lipinski definition) is 0. The lowest BCUT2D eigenvalue weighted by Gasteiger charge is -2.16. The molecule has 0 radical (unpaired) electrons. The second-order valence-corrected chi connectivity index (χ2v) is 5.01. The minimum atomic E-state index is 0.0368. The highest BCUT2D eigenvalue weighted by Crippen LogP contribution is 2.20. The lowest BCUT2D eigenvalue weighted by atomic mass is 10.1. The highest BCUT2D eigenvalue weighted by Gasteiger charge is 2.09. The van der Waals surface area contributed by atoms with Crippen molar-refractivity contribution in [2.45, 2.75) is 27.2 Å². The third kappa shape index (κ3) is 3.63. The Labute approximate surface area is 95.1 Å². The van der Waals surface area contributed by atoms with Crippen molar-refractivity contribution < 1.29 is 4.79 Å². The molecule has 3 nitrogen and oxygen atoms in total. The van der Waals surface area contributed by atoms with Gasteiger partial charge in [-0.05, 0) is 12.3 Å². The standard InChI is InChI=1S/C11H18N2OS/c1-8(2)5-6-13(4)11-12-10(7-15-11)9(3)14/h7-8H,5-6H2,1-4H3. The van der Waals surface area contributed by atoms with Gasteiger partial charge >= 0.3 is 0 Å². The Bertz CT molecular complexity index is 333. The van der Waals surface area contributed by atoms with E-state index in [9.17, 15) is 4.79 Å². The third-order valence-corrected chi connectivity index (χ3v) is 3.18. The first-order valence-electron chi connectivity index (χ1n) is 5.18. The molecule has 0 spiro atoms. The fraction of sp³-hybridized carbons (Fsp3) is 0.636. The minimum absolute atomic E-state index is 0.0368. The number of hydrogen-bond acceptors (Lipinski definition) is 4. The molecule has 0 aliphatic carbocycles. The van der Waals surface area contributed by atoms with Crippen LogP contribution in [0.3, 0.4) is 0 Å². The maximum Gasteiger partial charge on any atom is 0.185 e. The number of aromatic nitrogens is 1. The summed E-state index contributed by atoms with van der Waals surface area (Å²) in [6.45, 7) is 6.95. The molecule has 0 N–H and O–H groups in total. The van der Waals surface area contributed by atoms with Gasteiger partial charge in [0.1, 0.15) is 5.69 Å².